The molecule has 3 aliphatic carbocycles. The maximum absolute atomic E-state index is 14.0. The first-order chi connectivity index (χ1) is 18.2. The SMILES string of the molecule is CCCN(C)Cc1cc(N(C)C)c2c(c1O)C(=O)C1=C(O)[C@]3(O)C(=O)C(C(N)=O)=C(O)[C@@H](N(C)C)[C@@H]3C[C@@H]1C2. The van der Waals surface area contributed by atoms with Gasteiger partial charge in [0, 0.05) is 43.4 Å². The molecule has 0 fully saturated rings. The summed E-state index contributed by atoms with van der Waals surface area (Å²) in [7, 11) is 8.80. The number of carbonyl (C=O) groups excluding carboxylic acids is 3. The predicted octanol–water partition coefficient (Wildman–Crippen LogP) is 1.03. The molecule has 0 aromatic heterocycles. The largest absolute Gasteiger partial charge is 0.510 e. The van der Waals surface area contributed by atoms with E-state index in [9.17, 15) is 34.8 Å². The molecule has 0 aliphatic heterocycles. The number of aliphatic hydroxyl groups is 3. The molecule has 3 aliphatic rings. The van der Waals surface area contributed by atoms with Gasteiger partial charge in [0.05, 0.1) is 11.6 Å². The predicted molar refractivity (Wildman–Crippen MR) is 145 cm³/mol. The number of fused-ring (bicyclic) bond motifs is 3. The molecule has 4 rings (SSSR count). The third-order valence-electron chi connectivity index (χ3n) is 8.31. The summed E-state index contributed by atoms with van der Waals surface area (Å²) in [5.74, 6) is -6.48. The lowest BCUT2D eigenvalue weighted by atomic mass is 9.58. The summed E-state index contributed by atoms with van der Waals surface area (Å²) in [6.45, 7) is 3.21. The first kappa shape index (κ1) is 28.6. The first-order valence-electron chi connectivity index (χ1n) is 13.1. The molecule has 4 atom stereocenters. The molecule has 0 bridgehead atoms. The average molecular weight is 543 g/mol. The van der Waals surface area contributed by atoms with Crippen LogP contribution in [0.1, 0.15) is 41.3 Å². The summed E-state index contributed by atoms with van der Waals surface area (Å²) in [5.41, 5.74) is 3.69. The molecule has 0 spiro atoms. The quantitative estimate of drug-likeness (QED) is 0.314. The summed E-state index contributed by atoms with van der Waals surface area (Å²) in [6.07, 6.45) is 1.21. The molecule has 6 N–H and O–H groups in total. The van der Waals surface area contributed by atoms with Gasteiger partial charge in [-0.3, -0.25) is 19.3 Å². The number of likely N-dealkylation sites (N-methyl/N-ethyl adjacent to an activating group) is 1. The smallest absolute Gasteiger partial charge is 0.255 e. The number of hydrogen-bond acceptors (Lipinski definition) is 10. The number of rotatable bonds is 7. The monoisotopic (exact) mass is 542 g/mol. The second-order valence-corrected chi connectivity index (χ2v) is 11.4. The van der Waals surface area contributed by atoms with E-state index in [2.05, 4.69) is 0 Å². The van der Waals surface area contributed by atoms with Crippen molar-refractivity contribution in [2.24, 2.45) is 17.6 Å². The summed E-state index contributed by atoms with van der Waals surface area (Å²) in [4.78, 5) is 45.0. The third-order valence-corrected chi connectivity index (χ3v) is 8.31. The van der Waals surface area contributed by atoms with E-state index in [4.69, 9.17) is 5.73 Å². The van der Waals surface area contributed by atoms with Gasteiger partial charge in [0.1, 0.15) is 22.8 Å². The Hall–Kier alpha value is -3.41. The van der Waals surface area contributed by atoms with Crippen molar-refractivity contribution in [1.29, 1.82) is 0 Å². The lowest BCUT2D eigenvalue weighted by Crippen LogP contribution is -2.63. The Morgan fingerprint density at radius 3 is 2.31 bits per heavy atom. The van der Waals surface area contributed by atoms with E-state index in [-0.39, 0.29) is 29.7 Å². The fourth-order valence-corrected chi connectivity index (χ4v) is 6.62. The van der Waals surface area contributed by atoms with Crippen LogP contribution >= 0.6 is 0 Å². The number of aromatic hydroxyl groups is 1. The minimum Gasteiger partial charge on any atom is -0.510 e. The van der Waals surface area contributed by atoms with E-state index in [1.165, 1.54) is 4.90 Å². The van der Waals surface area contributed by atoms with E-state index in [1.807, 2.05) is 43.9 Å². The highest BCUT2D eigenvalue weighted by Gasteiger charge is 2.63. The van der Waals surface area contributed by atoms with Gasteiger partial charge in [0.25, 0.3) is 5.91 Å². The number of carbonyl (C=O) groups is 3. The summed E-state index contributed by atoms with van der Waals surface area (Å²) >= 11 is 0. The van der Waals surface area contributed by atoms with E-state index in [0.29, 0.717) is 17.7 Å². The summed E-state index contributed by atoms with van der Waals surface area (Å²) < 4.78 is 0. The molecule has 1 aromatic rings. The Labute approximate surface area is 227 Å². The Morgan fingerprint density at radius 2 is 1.77 bits per heavy atom. The third kappa shape index (κ3) is 4.19. The van der Waals surface area contributed by atoms with Gasteiger partial charge in [-0.05, 0) is 64.5 Å². The van der Waals surface area contributed by atoms with Crippen LogP contribution in [0.15, 0.2) is 28.7 Å². The van der Waals surface area contributed by atoms with Gasteiger partial charge in [0.2, 0.25) is 5.78 Å². The van der Waals surface area contributed by atoms with E-state index < -0.39 is 58.0 Å². The number of nitrogens with two attached hydrogens (primary N) is 1. The van der Waals surface area contributed by atoms with Crippen molar-refractivity contribution in [1.82, 2.24) is 9.80 Å². The molecule has 39 heavy (non-hydrogen) atoms. The number of amides is 1. The highest BCUT2D eigenvalue weighted by Crippen LogP contribution is 2.53. The number of allylic oxidation sites excluding steroid dienone is 1. The Kier molecular flexibility index (Phi) is 7.30. The fraction of sp³-hybridized carbons (Fsp3) is 0.536. The van der Waals surface area contributed by atoms with Gasteiger partial charge in [-0.1, -0.05) is 6.92 Å². The zero-order valence-corrected chi connectivity index (χ0v) is 23.3. The molecule has 0 saturated heterocycles. The van der Waals surface area contributed by atoms with Crippen LogP contribution in [0.3, 0.4) is 0 Å². The van der Waals surface area contributed by atoms with Crippen molar-refractivity contribution >= 4 is 23.2 Å². The van der Waals surface area contributed by atoms with Crippen LogP contribution in [0.4, 0.5) is 5.69 Å². The van der Waals surface area contributed by atoms with Crippen LogP contribution < -0.4 is 10.6 Å². The first-order valence-corrected chi connectivity index (χ1v) is 13.1. The molecule has 212 valence electrons. The lowest BCUT2D eigenvalue weighted by Gasteiger charge is -2.50. The maximum atomic E-state index is 14.0. The molecule has 0 heterocycles. The van der Waals surface area contributed by atoms with Crippen LogP contribution in [-0.4, -0.2) is 101 Å². The number of benzene rings is 1. The molecule has 1 amide bonds. The number of hydrogen-bond donors (Lipinski definition) is 5. The molecule has 0 unspecified atom stereocenters. The van der Waals surface area contributed by atoms with Crippen molar-refractivity contribution in [2.45, 2.75) is 44.4 Å². The molecular formula is C28H38N4O7. The van der Waals surface area contributed by atoms with Gasteiger partial charge in [0.15, 0.2) is 11.4 Å². The number of primary amides is 1. The van der Waals surface area contributed by atoms with Crippen LogP contribution in [0.5, 0.6) is 5.75 Å². The lowest BCUT2D eigenvalue weighted by molar-refractivity contribution is -0.148. The topological polar surface area (TPSA) is 168 Å². The zero-order chi connectivity index (χ0) is 29.1. The number of Topliss-reactive ketones (excluding diaryl/α,β-unsaturated/α-hetero) is 2. The number of anilines is 1. The minimum atomic E-state index is -2.65. The highest BCUT2D eigenvalue weighted by molar-refractivity contribution is 6.24. The van der Waals surface area contributed by atoms with Gasteiger partial charge in [-0.25, -0.2) is 0 Å². The molecular weight excluding hydrogens is 504 g/mol. The molecule has 0 saturated carbocycles. The van der Waals surface area contributed by atoms with Crippen molar-refractivity contribution in [3.63, 3.8) is 0 Å². The van der Waals surface area contributed by atoms with Crippen molar-refractivity contribution in [3.05, 3.63) is 45.4 Å². The van der Waals surface area contributed by atoms with Crippen molar-refractivity contribution < 1.29 is 34.8 Å². The van der Waals surface area contributed by atoms with Crippen molar-refractivity contribution in [2.75, 3.05) is 46.7 Å². The summed E-state index contributed by atoms with van der Waals surface area (Å²) in [6, 6.07) is 0.843. The van der Waals surface area contributed by atoms with Crippen molar-refractivity contribution in [3.8, 4) is 5.75 Å². The zero-order valence-electron chi connectivity index (χ0n) is 23.3. The second kappa shape index (κ2) is 9.96. The average Bonchev–Trinajstić information content (AvgIpc) is 2.82. The van der Waals surface area contributed by atoms with E-state index in [1.54, 1.807) is 14.1 Å². The molecule has 11 heteroatoms. The van der Waals surface area contributed by atoms with Gasteiger partial charge in [-0.2, -0.15) is 0 Å². The number of phenols is 1. The Bertz CT molecular complexity index is 1320. The maximum Gasteiger partial charge on any atom is 0.255 e. The standard InChI is InChI=1S/C28H38N4O7/c1-7-8-32(6)12-14-11-17(30(2)3)15-9-13-10-16-21(31(4)5)24(35)20(27(29)38)26(37)28(16,39)25(36)18(13)23(34)19(15)22(14)33/h11,13,16,21,33,35-36,39H,7-10,12H2,1-6H3,(H2,29,38)/t13-,16-,21-,28-/m0/s1. The fourth-order valence-electron chi connectivity index (χ4n) is 6.62. The van der Waals surface area contributed by atoms with Crippen LogP contribution in [0.2, 0.25) is 0 Å². The summed E-state index contributed by atoms with van der Waals surface area (Å²) in [5, 5.41) is 45.4. The normalized spacial score (nSPS) is 26.6. The Morgan fingerprint density at radius 1 is 1.13 bits per heavy atom. The molecule has 0 radical (unpaired) electrons. The number of nitrogens with zero attached hydrogens (tertiary/aromatic N) is 3. The Balaban J connectivity index is 1.94. The van der Waals surface area contributed by atoms with E-state index >= 15 is 0 Å². The van der Waals surface area contributed by atoms with Crippen LogP contribution in [0.25, 0.3) is 0 Å². The number of aliphatic hydroxyl groups excluding tert-OH is 2. The number of phenolic OH excluding ortho intramolecular Hbond substituents is 1. The van der Waals surface area contributed by atoms with Gasteiger partial charge in [-0.15, -0.1) is 0 Å². The van der Waals surface area contributed by atoms with Gasteiger partial charge < -0.3 is 36.0 Å². The molecule has 11 nitrogen and oxygen atoms in total. The highest BCUT2D eigenvalue weighted by atomic mass is 16.3. The van der Waals surface area contributed by atoms with Crippen LogP contribution in [-0.2, 0) is 22.6 Å². The van der Waals surface area contributed by atoms with Crippen LogP contribution in [0, 0.1) is 11.8 Å². The van der Waals surface area contributed by atoms with E-state index in [0.717, 1.165) is 18.7 Å². The molecule has 1 aromatic carbocycles. The number of ketones is 2. The minimum absolute atomic E-state index is 0.0295. The second-order valence-electron chi connectivity index (χ2n) is 11.4. The van der Waals surface area contributed by atoms with Gasteiger partial charge >= 0.3 is 0 Å².